The molecular formula is C2H8BrCl2P. The molecule has 0 aliphatic carbocycles. The molecule has 0 saturated carbocycles. The summed E-state index contributed by atoms with van der Waals surface area (Å²) in [5.41, 5.74) is 0. The first-order valence-electron chi connectivity index (χ1n) is 1.25. The Bertz CT molecular complexity index is 13.5. The van der Waals surface area contributed by atoms with Gasteiger partial charge in [-0.25, -0.2) is 0 Å². The second kappa shape index (κ2) is 16.1. The van der Waals surface area contributed by atoms with Crippen LogP contribution >= 0.6 is 47.6 Å². The molecule has 0 fully saturated rings. The van der Waals surface area contributed by atoms with Gasteiger partial charge in [-0.15, -0.1) is 24.8 Å². The lowest BCUT2D eigenvalue weighted by molar-refractivity contribution is 1.53. The van der Waals surface area contributed by atoms with Gasteiger partial charge in [-0.05, 0) is 6.16 Å². The van der Waals surface area contributed by atoms with E-state index in [0.29, 0.717) is 0 Å². The highest BCUT2D eigenvalue weighted by Gasteiger charge is 1.57. The SMILES string of the molecule is CCPBr.Cl.Cl. The molecule has 1 atom stereocenters. The molecule has 0 aromatic carbocycles. The lowest BCUT2D eigenvalue weighted by Gasteiger charge is -1.66. The topological polar surface area (TPSA) is 0 Å². The van der Waals surface area contributed by atoms with Crippen molar-refractivity contribution >= 4 is 47.6 Å². The standard InChI is InChI=1S/C2H6BrP.2ClH/c1-2-4-3;;/h4H,2H2,1H3;2*1H. The second-order valence-corrected chi connectivity index (χ2v) is 3.14. The fraction of sp³-hybridized carbons (Fsp3) is 1.00. The molecular weight excluding hydrogens is 206 g/mol. The summed E-state index contributed by atoms with van der Waals surface area (Å²) in [6.45, 7) is 2.15. The predicted molar refractivity (Wildman–Crippen MR) is 42.3 cm³/mol. The normalized spacial score (nSPS) is 7.00. The first-order chi connectivity index (χ1) is 1.91. The molecule has 0 spiro atoms. The van der Waals surface area contributed by atoms with Crippen LogP contribution in [0.5, 0.6) is 0 Å². The summed E-state index contributed by atoms with van der Waals surface area (Å²) < 4.78 is 0. The zero-order valence-corrected chi connectivity index (χ0v) is 7.62. The third-order valence-electron chi connectivity index (χ3n) is 0.134. The van der Waals surface area contributed by atoms with Gasteiger partial charge in [0.2, 0.25) is 0 Å². The highest BCUT2D eigenvalue weighted by molar-refractivity contribution is 9.36. The Kier molecular flexibility index (Phi) is 41.9. The van der Waals surface area contributed by atoms with Crippen molar-refractivity contribution in [2.24, 2.45) is 0 Å². The van der Waals surface area contributed by atoms with Crippen molar-refractivity contribution < 1.29 is 0 Å². The molecule has 0 amide bonds. The Morgan fingerprint density at radius 1 is 1.50 bits per heavy atom. The minimum absolute atomic E-state index is 0. The maximum atomic E-state index is 3.28. The van der Waals surface area contributed by atoms with E-state index in [1.807, 2.05) is 0 Å². The van der Waals surface area contributed by atoms with Crippen LogP contribution in [0.25, 0.3) is 0 Å². The summed E-state index contributed by atoms with van der Waals surface area (Å²) in [5, 5.41) is 0. The molecule has 0 aromatic heterocycles. The number of hydrogen-bond donors (Lipinski definition) is 0. The molecule has 0 heterocycles. The van der Waals surface area contributed by atoms with E-state index in [1.54, 1.807) is 0 Å². The summed E-state index contributed by atoms with van der Waals surface area (Å²) in [6.07, 6.45) is 1.26. The predicted octanol–water partition coefficient (Wildman–Crippen LogP) is 2.84. The summed E-state index contributed by atoms with van der Waals surface area (Å²) in [4.78, 5) is 0. The molecule has 42 valence electrons. The fourth-order valence-corrected chi connectivity index (χ4v) is 0. The van der Waals surface area contributed by atoms with Crippen LogP contribution in [-0.2, 0) is 0 Å². The molecule has 0 nitrogen and oxygen atoms in total. The van der Waals surface area contributed by atoms with Crippen molar-refractivity contribution in [1.29, 1.82) is 0 Å². The number of hydrogen-bond acceptors (Lipinski definition) is 0. The van der Waals surface area contributed by atoms with Gasteiger partial charge in [0.15, 0.2) is 0 Å². The van der Waals surface area contributed by atoms with E-state index in [1.165, 1.54) is 6.16 Å². The quantitative estimate of drug-likeness (QED) is 0.588. The summed E-state index contributed by atoms with van der Waals surface area (Å²) in [6, 6.07) is 0. The molecule has 0 radical (unpaired) electrons. The fourth-order valence-electron chi connectivity index (χ4n) is 0. The zero-order chi connectivity index (χ0) is 3.41. The van der Waals surface area contributed by atoms with Gasteiger partial charge >= 0.3 is 0 Å². The van der Waals surface area contributed by atoms with Gasteiger partial charge in [0, 0.05) is 0 Å². The van der Waals surface area contributed by atoms with E-state index in [9.17, 15) is 0 Å². The van der Waals surface area contributed by atoms with Gasteiger partial charge in [-0.2, -0.15) is 0 Å². The second-order valence-electron chi connectivity index (χ2n) is 0.487. The van der Waals surface area contributed by atoms with E-state index < -0.39 is 0 Å². The van der Waals surface area contributed by atoms with Crippen LogP contribution in [0.2, 0.25) is 0 Å². The Morgan fingerprint density at radius 3 is 1.67 bits per heavy atom. The van der Waals surface area contributed by atoms with Gasteiger partial charge in [-0.1, -0.05) is 29.7 Å². The average Bonchev–Trinajstić information content (AvgIpc) is 1.37. The highest BCUT2D eigenvalue weighted by Crippen LogP contribution is 2.16. The van der Waals surface area contributed by atoms with E-state index in [4.69, 9.17) is 0 Å². The molecule has 1 unspecified atom stereocenters. The van der Waals surface area contributed by atoms with Crippen molar-refractivity contribution in [2.75, 3.05) is 6.16 Å². The van der Waals surface area contributed by atoms with Gasteiger partial charge < -0.3 is 0 Å². The minimum Gasteiger partial charge on any atom is -0.147 e. The third kappa shape index (κ3) is 17.9. The van der Waals surface area contributed by atoms with Crippen LogP contribution < -0.4 is 0 Å². The molecule has 0 aromatic rings. The largest absolute Gasteiger partial charge is 0.147 e. The van der Waals surface area contributed by atoms with Crippen LogP contribution in [0.1, 0.15) is 6.92 Å². The third-order valence-corrected chi connectivity index (χ3v) is 2.08. The molecule has 4 heteroatoms. The summed E-state index contributed by atoms with van der Waals surface area (Å²) in [7, 11) is 0.953. The Labute approximate surface area is 60.8 Å². The van der Waals surface area contributed by atoms with E-state index >= 15 is 0 Å². The molecule has 0 aliphatic heterocycles. The lowest BCUT2D eigenvalue weighted by atomic mass is 11.0. The molecule has 0 rings (SSSR count). The Morgan fingerprint density at radius 2 is 1.67 bits per heavy atom. The van der Waals surface area contributed by atoms with Crippen LogP contribution in [-0.4, -0.2) is 6.16 Å². The maximum Gasteiger partial charge on any atom is -0.0283 e. The van der Waals surface area contributed by atoms with Crippen LogP contribution in [0.15, 0.2) is 0 Å². The monoisotopic (exact) mass is 212 g/mol. The minimum atomic E-state index is 0. The van der Waals surface area contributed by atoms with Gasteiger partial charge in [0.05, 0.1) is 0 Å². The number of rotatable bonds is 1. The Balaban J connectivity index is -0.0000000450. The van der Waals surface area contributed by atoms with Gasteiger partial charge in [0.25, 0.3) is 0 Å². The zero-order valence-electron chi connectivity index (χ0n) is 3.40. The number of halogens is 3. The van der Waals surface area contributed by atoms with Crippen molar-refractivity contribution in [2.45, 2.75) is 6.92 Å². The van der Waals surface area contributed by atoms with Crippen LogP contribution in [0.3, 0.4) is 0 Å². The van der Waals surface area contributed by atoms with E-state index in [2.05, 4.69) is 22.4 Å². The maximum absolute atomic E-state index is 3.28. The van der Waals surface area contributed by atoms with Gasteiger partial charge in [-0.3, -0.25) is 0 Å². The molecule has 0 bridgehead atoms. The van der Waals surface area contributed by atoms with Crippen LogP contribution in [0.4, 0.5) is 0 Å². The first-order valence-corrected chi connectivity index (χ1v) is 4.71. The molecule has 0 N–H and O–H groups in total. The summed E-state index contributed by atoms with van der Waals surface area (Å²) >= 11 is 3.28. The molecule has 0 saturated heterocycles. The highest BCUT2D eigenvalue weighted by atomic mass is 79.9. The van der Waals surface area contributed by atoms with E-state index in [-0.39, 0.29) is 24.8 Å². The van der Waals surface area contributed by atoms with E-state index in [0.717, 1.165) is 7.28 Å². The smallest absolute Gasteiger partial charge is 0.0283 e. The molecule has 6 heavy (non-hydrogen) atoms. The van der Waals surface area contributed by atoms with Crippen molar-refractivity contribution in [3.05, 3.63) is 0 Å². The van der Waals surface area contributed by atoms with Crippen molar-refractivity contribution in [1.82, 2.24) is 0 Å². The first kappa shape index (κ1) is 15.6. The van der Waals surface area contributed by atoms with Crippen LogP contribution in [0, 0.1) is 0 Å². The molecule has 0 aliphatic rings. The average molecular weight is 214 g/mol. The van der Waals surface area contributed by atoms with Crippen molar-refractivity contribution in [3.8, 4) is 0 Å². The summed E-state index contributed by atoms with van der Waals surface area (Å²) in [5.74, 6) is 0. The Hall–Kier alpha value is 1.49. The lowest BCUT2D eigenvalue weighted by Crippen LogP contribution is -1.40. The van der Waals surface area contributed by atoms with Crippen molar-refractivity contribution in [3.63, 3.8) is 0 Å². The van der Waals surface area contributed by atoms with Gasteiger partial charge in [0.1, 0.15) is 0 Å².